The molecule has 2 N–H and O–H groups in total. The third kappa shape index (κ3) is 10.1. The number of halogens is 1. The van der Waals surface area contributed by atoms with Gasteiger partial charge in [0.2, 0.25) is 0 Å². The van der Waals surface area contributed by atoms with Gasteiger partial charge in [-0.1, -0.05) is 15.9 Å². The van der Waals surface area contributed by atoms with E-state index in [0.29, 0.717) is 0 Å². The molecule has 8 heteroatoms. The van der Waals surface area contributed by atoms with Crippen LogP contribution in [-0.4, -0.2) is 78.3 Å². The van der Waals surface area contributed by atoms with E-state index in [-0.39, 0.29) is 0 Å². The molecule has 0 amide bonds. The number of carboxylic acid groups (broad SMARTS) is 2. The van der Waals surface area contributed by atoms with E-state index < -0.39 is 11.9 Å². The number of likely N-dealkylation sites (N-methyl/N-ethyl adjacent to an activating group) is 1. The molecule has 0 unspecified atom stereocenters. The Kier molecular flexibility index (Phi) is 10.1. The Hall–Kier alpha value is -1.64. The van der Waals surface area contributed by atoms with E-state index in [2.05, 4.69) is 32.8 Å². The fourth-order valence-electron chi connectivity index (χ4n) is 2.23. The van der Waals surface area contributed by atoms with Crippen molar-refractivity contribution in [1.82, 2.24) is 9.80 Å². The second kappa shape index (κ2) is 11.8. The van der Waals surface area contributed by atoms with Gasteiger partial charge in [0.05, 0.1) is 6.61 Å². The molecule has 1 saturated heterocycles. The van der Waals surface area contributed by atoms with Crippen LogP contribution in [0.2, 0.25) is 0 Å². The average molecular weight is 417 g/mol. The molecule has 1 fully saturated rings. The summed E-state index contributed by atoms with van der Waals surface area (Å²) in [6.45, 7) is 6.85. The second-order valence-corrected chi connectivity index (χ2v) is 6.68. The topological polar surface area (TPSA) is 90.3 Å². The first-order valence-electron chi connectivity index (χ1n) is 8.14. The molecule has 1 aromatic rings. The van der Waals surface area contributed by atoms with Crippen molar-refractivity contribution in [2.45, 2.75) is 12.8 Å². The third-order valence-corrected chi connectivity index (χ3v) is 4.26. The van der Waals surface area contributed by atoms with Crippen molar-refractivity contribution in [2.75, 3.05) is 46.4 Å². The van der Waals surface area contributed by atoms with E-state index in [0.717, 1.165) is 23.2 Å². The summed E-state index contributed by atoms with van der Waals surface area (Å²) in [4.78, 5) is 23.2. The van der Waals surface area contributed by atoms with Crippen molar-refractivity contribution in [2.24, 2.45) is 0 Å². The summed E-state index contributed by atoms with van der Waals surface area (Å²) in [5, 5.41) is 14.8. The maximum Gasteiger partial charge on any atom is 0.414 e. The van der Waals surface area contributed by atoms with Crippen LogP contribution >= 0.6 is 15.9 Å². The normalized spacial score (nSPS) is 15.1. The van der Waals surface area contributed by atoms with Crippen LogP contribution in [0.25, 0.3) is 0 Å². The summed E-state index contributed by atoms with van der Waals surface area (Å²) in [6, 6.07) is 8.04. The smallest absolute Gasteiger partial charge is 0.414 e. The van der Waals surface area contributed by atoms with E-state index in [4.69, 9.17) is 24.5 Å². The molecule has 25 heavy (non-hydrogen) atoms. The predicted octanol–water partition coefficient (Wildman–Crippen LogP) is 2.01. The van der Waals surface area contributed by atoms with Gasteiger partial charge in [-0.05, 0) is 50.7 Å². The molecule has 0 aliphatic carbocycles. The number of rotatable bonds is 6. The van der Waals surface area contributed by atoms with Gasteiger partial charge in [0.15, 0.2) is 0 Å². The van der Waals surface area contributed by atoms with Crippen molar-refractivity contribution in [1.29, 1.82) is 0 Å². The third-order valence-electron chi connectivity index (χ3n) is 3.73. The number of piperazine rings is 1. The molecule has 0 radical (unpaired) electrons. The Bertz CT molecular complexity index is 518. The van der Waals surface area contributed by atoms with Crippen molar-refractivity contribution in [3.63, 3.8) is 0 Å². The summed E-state index contributed by atoms with van der Waals surface area (Å²) in [7, 11) is 2.20. The zero-order valence-electron chi connectivity index (χ0n) is 14.4. The van der Waals surface area contributed by atoms with Crippen molar-refractivity contribution in [3.05, 3.63) is 28.7 Å². The minimum atomic E-state index is -1.82. The monoisotopic (exact) mass is 416 g/mol. The molecule has 7 nitrogen and oxygen atoms in total. The van der Waals surface area contributed by atoms with Crippen LogP contribution < -0.4 is 4.74 Å². The molecule has 1 aromatic carbocycles. The van der Waals surface area contributed by atoms with Gasteiger partial charge in [0.25, 0.3) is 0 Å². The molecule has 1 heterocycles. The van der Waals surface area contributed by atoms with Gasteiger partial charge in [-0.15, -0.1) is 0 Å². The molecule has 0 bridgehead atoms. The maximum absolute atomic E-state index is 9.10. The zero-order chi connectivity index (χ0) is 18.7. The van der Waals surface area contributed by atoms with Gasteiger partial charge < -0.3 is 24.7 Å². The summed E-state index contributed by atoms with van der Waals surface area (Å²) in [5.41, 5.74) is 0. The van der Waals surface area contributed by atoms with E-state index >= 15 is 0 Å². The second-order valence-electron chi connectivity index (χ2n) is 5.76. The lowest BCUT2D eigenvalue weighted by molar-refractivity contribution is -0.159. The van der Waals surface area contributed by atoms with E-state index in [1.54, 1.807) is 0 Å². The molecule has 0 aromatic heterocycles. The first kappa shape index (κ1) is 21.4. The Morgan fingerprint density at radius 1 is 1.04 bits per heavy atom. The fourth-order valence-corrected chi connectivity index (χ4v) is 2.49. The van der Waals surface area contributed by atoms with E-state index in [1.165, 1.54) is 39.1 Å². The number of nitrogens with zero attached hydrogens (tertiary/aromatic N) is 2. The lowest BCUT2D eigenvalue weighted by Gasteiger charge is -2.32. The average Bonchev–Trinajstić information content (AvgIpc) is 2.58. The summed E-state index contributed by atoms with van der Waals surface area (Å²) in [5.74, 6) is -2.69. The predicted molar refractivity (Wildman–Crippen MR) is 98.1 cm³/mol. The number of benzene rings is 1. The highest BCUT2D eigenvalue weighted by Crippen LogP contribution is 2.16. The minimum absolute atomic E-state index is 0.815. The highest BCUT2D eigenvalue weighted by molar-refractivity contribution is 9.10. The first-order valence-corrected chi connectivity index (χ1v) is 8.93. The van der Waals surface area contributed by atoms with Crippen LogP contribution in [0.5, 0.6) is 5.75 Å². The number of unbranched alkanes of at least 4 members (excludes halogenated alkanes) is 1. The first-order chi connectivity index (χ1) is 11.9. The molecule has 140 valence electrons. The van der Waals surface area contributed by atoms with Gasteiger partial charge in [-0.2, -0.15) is 0 Å². The lowest BCUT2D eigenvalue weighted by Crippen LogP contribution is -2.44. The number of carbonyl (C=O) groups is 2. The standard InChI is InChI=1S/C15H23BrN2O.C2H2O4/c1-17-9-11-18(12-10-17)8-2-3-13-19-15-6-4-14(16)5-7-15;3-1(4)2(5)6/h4-7H,2-3,8-13H2,1H3;(H,3,4)(H,5,6). The Labute approximate surface area is 156 Å². The number of carboxylic acids is 2. The van der Waals surface area contributed by atoms with Gasteiger partial charge in [0.1, 0.15) is 5.75 Å². The molecule has 1 aliphatic heterocycles. The quantitative estimate of drug-likeness (QED) is 0.541. The molecule has 0 saturated carbocycles. The van der Waals surface area contributed by atoms with Crippen molar-refractivity contribution < 1.29 is 24.5 Å². The molecular formula is C17H25BrN2O5. The molecule has 2 rings (SSSR count). The van der Waals surface area contributed by atoms with Crippen molar-refractivity contribution in [3.8, 4) is 5.75 Å². The van der Waals surface area contributed by atoms with E-state index in [1.807, 2.05) is 24.3 Å². The van der Waals surface area contributed by atoms with Crippen LogP contribution in [-0.2, 0) is 9.59 Å². The Morgan fingerprint density at radius 3 is 2.12 bits per heavy atom. The summed E-state index contributed by atoms with van der Waals surface area (Å²) < 4.78 is 6.81. The molecule has 0 atom stereocenters. The number of aliphatic carboxylic acids is 2. The highest BCUT2D eigenvalue weighted by atomic mass is 79.9. The van der Waals surface area contributed by atoms with Crippen LogP contribution in [0.15, 0.2) is 28.7 Å². The van der Waals surface area contributed by atoms with Gasteiger partial charge >= 0.3 is 11.9 Å². The summed E-state index contributed by atoms with van der Waals surface area (Å²) in [6.07, 6.45) is 2.35. The van der Waals surface area contributed by atoms with Gasteiger partial charge in [-0.3, -0.25) is 0 Å². The Balaban J connectivity index is 0.000000450. The van der Waals surface area contributed by atoms with Crippen LogP contribution in [0.1, 0.15) is 12.8 Å². The largest absolute Gasteiger partial charge is 0.494 e. The van der Waals surface area contributed by atoms with Gasteiger partial charge in [-0.25, -0.2) is 9.59 Å². The van der Waals surface area contributed by atoms with Crippen LogP contribution in [0, 0.1) is 0 Å². The Morgan fingerprint density at radius 2 is 1.60 bits per heavy atom. The van der Waals surface area contributed by atoms with Crippen molar-refractivity contribution >= 4 is 27.9 Å². The van der Waals surface area contributed by atoms with Crippen LogP contribution in [0.3, 0.4) is 0 Å². The molecule has 1 aliphatic rings. The van der Waals surface area contributed by atoms with E-state index in [9.17, 15) is 0 Å². The molecule has 0 spiro atoms. The zero-order valence-corrected chi connectivity index (χ0v) is 15.9. The number of hydrogen-bond acceptors (Lipinski definition) is 5. The highest BCUT2D eigenvalue weighted by Gasteiger charge is 2.12. The SMILES string of the molecule is CN1CCN(CCCCOc2ccc(Br)cc2)CC1.O=C(O)C(=O)O. The summed E-state index contributed by atoms with van der Waals surface area (Å²) >= 11 is 3.42. The van der Waals surface area contributed by atoms with Crippen LogP contribution in [0.4, 0.5) is 0 Å². The number of hydrogen-bond donors (Lipinski definition) is 2. The molecular weight excluding hydrogens is 392 g/mol. The fraction of sp³-hybridized carbons (Fsp3) is 0.529. The number of ether oxygens (including phenoxy) is 1. The lowest BCUT2D eigenvalue weighted by atomic mass is 10.2. The van der Waals surface area contributed by atoms with Gasteiger partial charge in [0, 0.05) is 30.7 Å². The minimum Gasteiger partial charge on any atom is -0.494 e. The maximum atomic E-state index is 9.10.